The van der Waals surface area contributed by atoms with Crippen LogP contribution in [0.5, 0.6) is 0 Å². The van der Waals surface area contributed by atoms with Crippen LogP contribution in [-0.2, 0) is 9.31 Å². The van der Waals surface area contributed by atoms with E-state index < -0.39 is 18.3 Å². The minimum Gasteiger partial charge on any atom is -0.399 e. The molecule has 0 atom stereocenters. The van der Waals surface area contributed by atoms with Gasteiger partial charge < -0.3 is 9.31 Å². The maximum Gasteiger partial charge on any atom is 0.496 e. The van der Waals surface area contributed by atoms with E-state index in [0.29, 0.717) is 0 Å². The molecule has 0 radical (unpaired) electrons. The molecule has 6 heteroatoms. The Morgan fingerprint density at radius 2 is 1.37 bits per heavy atom. The van der Waals surface area contributed by atoms with E-state index in [1.807, 2.05) is 11.8 Å². The molecule has 2 aromatic heterocycles. The first-order valence-electron chi connectivity index (χ1n) is 13.1. The van der Waals surface area contributed by atoms with Crippen molar-refractivity contribution >= 4 is 57.2 Å². The van der Waals surface area contributed by atoms with Crippen molar-refractivity contribution in [2.75, 3.05) is 0 Å². The summed E-state index contributed by atoms with van der Waals surface area (Å²) in [6.45, 7) is 8.45. The van der Waals surface area contributed by atoms with Crippen LogP contribution in [0.3, 0.4) is 0 Å². The smallest absolute Gasteiger partial charge is 0.399 e. The van der Waals surface area contributed by atoms with Gasteiger partial charge in [-0.1, -0.05) is 72.4 Å². The van der Waals surface area contributed by atoms with Gasteiger partial charge in [0.25, 0.3) is 0 Å². The largest absolute Gasteiger partial charge is 0.496 e. The Balaban J connectivity index is 1.49. The lowest BCUT2D eigenvalue weighted by atomic mass is 9.78. The molecular formula is C32H27BN2O2S. The number of hydrogen-bond acceptors (Lipinski definition) is 3. The molecule has 4 aromatic carbocycles. The minimum atomic E-state index is -0.422. The third kappa shape index (κ3) is 2.85. The zero-order valence-electron chi connectivity index (χ0n) is 21.9. The molecule has 1 saturated heterocycles. The molecular weight excluding hydrogens is 487 g/mol. The molecule has 186 valence electrons. The fraction of sp³-hybridized carbons (Fsp3) is 0.188. The second-order valence-electron chi connectivity index (χ2n) is 11.3. The number of aromatic nitrogens is 2. The third-order valence-electron chi connectivity index (χ3n) is 8.55. The summed E-state index contributed by atoms with van der Waals surface area (Å²) in [4.78, 5) is 2.44. The highest BCUT2D eigenvalue weighted by molar-refractivity contribution is 8.00. The fourth-order valence-electron chi connectivity index (χ4n) is 6.01. The van der Waals surface area contributed by atoms with Crippen LogP contribution in [0, 0.1) is 0 Å². The molecule has 0 saturated carbocycles. The molecule has 0 bridgehead atoms. The summed E-state index contributed by atoms with van der Waals surface area (Å²) in [6.07, 6.45) is 0. The molecule has 0 unspecified atom stereocenters. The fourth-order valence-corrected chi connectivity index (χ4v) is 7.23. The summed E-state index contributed by atoms with van der Waals surface area (Å²) in [6, 6.07) is 32.7. The molecule has 0 amide bonds. The Labute approximate surface area is 226 Å². The number of benzene rings is 4. The molecule has 4 nitrogen and oxygen atoms in total. The minimum absolute atomic E-state index is 0.397. The number of hydrogen-bond donors (Lipinski definition) is 0. The Morgan fingerprint density at radius 3 is 2.16 bits per heavy atom. The Bertz CT molecular complexity index is 1900. The first-order valence-corrected chi connectivity index (χ1v) is 14.0. The van der Waals surface area contributed by atoms with Crippen molar-refractivity contribution in [1.82, 2.24) is 9.13 Å². The number of para-hydroxylation sites is 3. The quantitative estimate of drug-likeness (QED) is 0.224. The van der Waals surface area contributed by atoms with Gasteiger partial charge in [-0.05, 0) is 63.5 Å². The van der Waals surface area contributed by atoms with Gasteiger partial charge in [0.2, 0.25) is 0 Å². The third-order valence-corrected chi connectivity index (χ3v) is 9.75. The molecule has 38 heavy (non-hydrogen) atoms. The average molecular weight is 514 g/mol. The van der Waals surface area contributed by atoms with Gasteiger partial charge in [0.15, 0.2) is 0 Å². The van der Waals surface area contributed by atoms with Crippen LogP contribution in [0.25, 0.3) is 44.2 Å². The molecule has 1 fully saturated rings. The summed E-state index contributed by atoms with van der Waals surface area (Å²) in [5.41, 5.74) is 6.27. The van der Waals surface area contributed by atoms with E-state index >= 15 is 0 Å². The normalized spacial score (nSPS) is 17.5. The zero-order chi connectivity index (χ0) is 25.8. The van der Waals surface area contributed by atoms with Crippen molar-refractivity contribution < 1.29 is 9.31 Å². The van der Waals surface area contributed by atoms with Crippen molar-refractivity contribution in [3.05, 3.63) is 91.0 Å². The van der Waals surface area contributed by atoms with Crippen LogP contribution in [0.2, 0.25) is 0 Å². The van der Waals surface area contributed by atoms with E-state index in [4.69, 9.17) is 9.31 Å². The second-order valence-corrected chi connectivity index (χ2v) is 12.3. The predicted octanol–water partition coefficient (Wildman–Crippen LogP) is 7.49. The Hall–Kier alpha value is -3.45. The van der Waals surface area contributed by atoms with Crippen LogP contribution in [0.4, 0.5) is 0 Å². The van der Waals surface area contributed by atoms with Gasteiger partial charge in [0, 0.05) is 31.6 Å². The van der Waals surface area contributed by atoms with E-state index in [1.165, 1.54) is 48.3 Å². The summed E-state index contributed by atoms with van der Waals surface area (Å²) in [5.74, 6) is 0. The molecule has 2 aliphatic rings. The number of rotatable bonds is 2. The number of nitrogens with zero attached hydrogens (tertiary/aromatic N) is 2. The van der Waals surface area contributed by atoms with Crippen LogP contribution in [-0.4, -0.2) is 27.5 Å². The van der Waals surface area contributed by atoms with Gasteiger partial charge in [-0.15, -0.1) is 0 Å². The van der Waals surface area contributed by atoms with Gasteiger partial charge in [-0.25, -0.2) is 0 Å². The maximum atomic E-state index is 6.54. The lowest BCUT2D eigenvalue weighted by molar-refractivity contribution is 0.00578. The van der Waals surface area contributed by atoms with Crippen molar-refractivity contribution in [3.63, 3.8) is 0 Å². The van der Waals surface area contributed by atoms with Crippen molar-refractivity contribution in [2.24, 2.45) is 0 Å². The predicted molar refractivity (Wildman–Crippen MR) is 157 cm³/mol. The molecule has 8 rings (SSSR count). The summed E-state index contributed by atoms with van der Waals surface area (Å²) in [7, 11) is -0.422. The molecule has 0 N–H and O–H groups in total. The average Bonchev–Trinajstić information content (AvgIpc) is 3.50. The van der Waals surface area contributed by atoms with E-state index in [9.17, 15) is 0 Å². The van der Waals surface area contributed by atoms with Crippen LogP contribution in [0.15, 0.2) is 101 Å². The van der Waals surface area contributed by atoms with Crippen molar-refractivity contribution in [2.45, 2.75) is 48.7 Å². The SMILES string of the molecule is CC1(C)OB(c2cccc3c2Sc2cccc4c5c6ccccc6n(-c6ccccc6)c5n-3c24)OC1(C)C. The van der Waals surface area contributed by atoms with Gasteiger partial charge in [0.05, 0.1) is 27.9 Å². The van der Waals surface area contributed by atoms with E-state index in [0.717, 1.165) is 11.2 Å². The van der Waals surface area contributed by atoms with E-state index in [1.54, 1.807) is 0 Å². The van der Waals surface area contributed by atoms with Gasteiger partial charge in [-0.3, -0.25) is 9.13 Å². The molecule has 2 aliphatic heterocycles. The lowest BCUT2D eigenvalue weighted by Crippen LogP contribution is -2.41. The summed E-state index contributed by atoms with van der Waals surface area (Å²) in [5, 5.41) is 3.83. The molecule has 4 heterocycles. The highest BCUT2D eigenvalue weighted by Crippen LogP contribution is 2.49. The summed E-state index contributed by atoms with van der Waals surface area (Å²) < 4.78 is 18.0. The maximum absolute atomic E-state index is 6.54. The lowest BCUT2D eigenvalue weighted by Gasteiger charge is -2.32. The van der Waals surface area contributed by atoms with Crippen molar-refractivity contribution in [3.8, 4) is 11.4 Å². The van der Waals surface area contributed by atoms with Gasteiger partial charge >= 0.3 is 7.12 Å². The van der Waals surface area contributed by atoms with Crippen LogP contribution >= 0.6 is 11.8 Å². The second kappa shape index (κ2) is 7.57. The van der Waals surface area contributed by atoms with Crippen LogP contribution in [0.1, 0.15) is 27.7 Å². The van der Waals surface area contributed by atoms with E-state index in [2.05, 4.69) is 128 Å². The molecule has 0 aliphatic carbocycles. The molecule has 0 spiro atoms. The topological polar surface area (TPSA) is 28.3 Å². The van der Waals surface area contributed by atoms with Gasteiger partial charge in [-0.2, -0.15) is 0 Å². The summed E-state index contributed by atoms with van der Waals surface area (Å²) >= 11 is 1.82. The Kier molecular flexibility index (Phi) is 4.49. The van der Waals surface area contributed by atoms with Crippen LogP contribution < -0.4 is 5.46 Å². The van der Waals surface area contributed by atoms with E-state index in [-0.39, 0.29) is 0 Å². The Morgan fingerprint density at radius 1 is 0.684 bits per heavy atom. The monoisotopic (exact) mass is 514 g/mol. The van der Waals surface area contributed by atoms with Crippen molar-refractivity contribution in [1.29, 1.82) is 0 Å². The first kappa shape index (κ1) is 22.5. The highest BCUT2D eigenvalue weighted by Gasteiger charge is 2.52. The standard InChI is InChI=1S/C32H27BN2O2S/c1-31(2)32(3,4)37-33(36-31)23-16-11-18-25-29(23)38-26-19-10-15-22-27-21-14-8-9-17-24(21)34(20-12-6-5-7-13-20)30(27)35(25)28(22)26/h5-19H,1-4H3. The zero-order valence-corrected chi connectivity index (χ0v) is 22.7. The highest BCUT2D eigenvalue weighted by atomic mass is 32.2. The first-order chi connectivity index (χ1) is 18.4. The number of fused-ring (bicyclic) bond motifs is 7. The molecule has 6 aromatic rings. The van der Waals surface area contributed by atoms with Gasteiger partial charge in [0.1, 0.15) is 5.65 Å².